The monoisotopic (exact) mass is 500 g/mol. The molecule has 4 aromatic heterocycles. The lowest BCUT2D eigenvalue weighted by atomic mass is 10.0. The minimum absolute atomic E-state index is 0.112. The first-order valence-corrected chi connectivity index (χ1v) is 12.3. The van der Waals surface area contributed by atoms with Crippen LogP contribution in [0.5, 0.6) is 0 Å². The van der Waals surface area contributed by atoms with E-state index in [0.29, 0.717) is 23.6 Å². The summed E-state index contributed by atoms with van der Waals surface area (Å²) in [7, 11) is 7.96. The zero-order valence-electron chi connectivity index (χ0n) is 21.7. The number of carbonyl (C=O) groups excluding carboxylic acids is 1. The maximum atomic E-state index is 12.8. The van der Waals surface area contributed by atoms with Crippen LogP contribution in [-0.2, 0) is 18.3 Å². The highest BCUT2D eigenvalue weighted by molar-refractivity contribution is 6.06. The number of rotatable bonds is 4. The van der Waals surface area contributed by atoms with Crippen molar-refractivity contribution in [1.29, 1.82) is 0 Å². The number of morpholine rings is 1. The van der Waals surface area contributed by atoms with Crippen LogP contribution in [0.1, 0.15) is 15.9 Å². The van der Waals surface area contributed by atoms with Gasteiger partial charge in [0.2, 0.25) is 0 Å². The Morgan fingerprint density at radius 2 is 1.81 bits per heavy atom. The van der Waals surface area contributed by atoms with Crippen LogP contribution in [0.3, 0.4) is 0 Å². The molecule has 0 aliphatic carbocycles. The molecule has 1 fully saturated rings. The van der Waals surface area contributed by atoms with Crippen LogP contribution in [0, 0.1) is 0 Å². The molecule has 2 N–H and O–H groups in total. The van der Waals surface area contributed by atoms with Crippen molar-refractivity contribution >= 4 is 34.1 Å². The molecule has 0 bridgehead atoms. The average molecular weight is 501 g/mol. The Bertz CT molecular complexity index is 1410. The second-order valence-electron chi connectivity index (χ2n) is 9.55. The molecule has 0 spiro atoms. The maximum Gasteiger partial charge on any atom is 0.254 e. The molecule has 0 unspecified atom stereocenters. The van der Waals surface area contributed by atoms with Gasteiger partial charge in [-0.2, -0.15) is 0 Å². The van der Waals surface area contributed by atoms with Gasteiger partial charge in [0.05, 0.1) is 48.2 Å². The summed E-state index contributed by atoms with van der Waals surface area (Å²) in [6.45, 7) is 3.61. The Kier molecular flexibility index (Phi) is 7.02. The molecule has 10 heteroatoms. The molecule has 37 heavy (non-hydrogen) atoms. The van der Waals surface area contributed by atoms with Gasteiger partial charge >= 0.3 is 0 Å². The van der Waals surface area contributed by atoms with Gasteiger partial charge in [-0.15, -0.1) is 0 Å². The predicted octanol–water partition coefficient (Wildman–Crippen LogP) is 3.03. The van der Waals surface area contributed by atoms with E-state index in [9.17, 15) is 4.79 Å². The van der Waals surface area contributed by atoms with E-state index in [1.165, 1.54) is 0 Å². The van der Waals surface area contributed by atoms with E-state index < -0.39 is 0 Å². The van der Waals surface area contributed by atoms with Gasteiger partial charge in [0.15, 0.2) is 0 Å². The molecular formula is C27H32N8O2. The Morgan fingerprint density at radius 3 is 2.54 bits per heavy atom. The molecule has 0 radical (unpaired) electrons. The number of aromatic nitrogens is 4. The first-order valence-electron chi connectivity index (χ1n) is 12.3. The van der Waals surface area contributed by atoms with Crippen molar-refractivity contribution in [3.05, 3.63) is 60.2 Å². The van der Waals surface area contributed by atoms with Crippen molar-refractivity contribution in [3.8, 4) is 11.3 Å². The minimum atomic E-state index is -0.112. The zero-order chi connectivity index (χ0) is 25.9. The second-order valence-corrected chi connectivity index (χ2v) is 9.55. The van der Waals surface area contributed by atoms with Crippen LogP contribution in [0.2, 0.25) is 0 Å². The zero-order valence-corrected chi connectivity index (χ0v) is 21.7. The number of carbonyl (C=O) groups is 1. The Balaban J connectivity index is 0.000000655. The molecule has 192 valence electrons. The number of nitrogens with one attached hydrogen (secondary N) is 2. The standard InChI is InChI=1S/C24H23N7O2.C3H9N/c1-30-7-5-17-16(4-6-25-23(17)30)22-18-13-28-24(32)21(18)19(14-27-22)29-20-3-2-15(12-26-20)31-8-10-33-11-9-31;1-4(2)3/h2-7,12,14H,8-11,13H2,1H3,(H,26,29)(H,28,32);1-3H3. The topological polar surface area (TPSA) is 100 Å². The van der Waals surface area contributed by atoms with E-state index in [1.54, 1.807) is 12.4 Å². The third-order valence-electron chi connectivity index (χ3n) is 6.24. The van der Waals surface area contributed by atoms with Crippen molar-refractivity contribution in [1.82, 2.24) is 29.7 Å². The number of aryl methyl sites for hydroxylation is 1. The maximum absolute atomic E-state index is 12.8. The average Bonchev–Trinajstić information content (AvgIpc) is 3.48. The molecule has 1 amide bonds. The number of fused-ring (bicyclic) bond motifs is 2. The van der Waals surface area contributed by atoms with Crippen LogP contribution >= 0.6 is 0 Å². The van der Waals surface area contributed by atoms with E-state index in [-0.39, 0.29) is 5.91 Å². The highest BCUT2D eigenvalue weighted by Gasteiger charge is 2.28. The fourth-order valence-corrected chi connectivity index (χ4v) is 4.55. The van der Waals surface area contributed by atoms with Crippen LogP contribution in [0.4, 0.5) is 17.2 Å². The Labute approximate surface area is 216 Å². The number of pyridine rings is 3. The molecule has 2 aliphatic heterocycles. The number of amides is 1. The third kappa shape index (κ3) is 5.11. The van der Waals surface area contributed by atoms with Crippen molar-refractivity contribution in [2.45, 2.75) is 6.54 Å². The summed E-state index contributed by atoms with van der Waals surface area (Å²) in [4.78, 5) is 30.8. The smallest absolute Gasteiger partial charge is 0.254 e. The van der Waals surface area contributed by atoms with E-state index in [1.807, 2.05) is 74.3 Å². The van der Waals surface area contributed by atoms with E-state index in [2.05, 4.69) is 25.5 Å². The molecule has 10 nitrogen and oxygen atoms in total. The first-order chi connectivity index (χ1) is 17.9. The summed E-state index contributed by atoms with van der Waals surface area (Å²) < 4.78 is 7.40. The summed E-state index contributed by atoms with van der Waals surface area (Å²) >= 11 is 0. The highest BCUT2D eigenvalue weighted by Crippen LogP contribution is 2.36. The number of anilines is 3. The molecule has 1 saturated heterocycles. The largest absolute Gasteiger partial charge is 0.378 e. The van der Waals surface area contributed by atoms with Gasteiger partial charge in [-0.05, 0) is 45.4 Å². The van der Waals surface area contributed by atoms with Gasteiger partial charge in [-0.1, -0.05) is 0 Å². The van der Waals surface area contributed by atoms with Crippen LogP contribution in [0.15, 0.2) is 49.1 Å². The van der Waals surface area contributed by atoms with Gasteiger partial charge in [-0.3, -0.25) is 9.78 Å². The number of nitrogens with zero attached hydrogens (tertiary/aromatic N) is 6. The summed E-state index contributed by atoms with van der Waals surface area (Å²) in [6, 6.07) is 7.94. The van der Waals surface area contributed by atoms with E-state index >= 15 is 0 Å². The Hall–Kier alpha value is -4.02. The molecule has 0 atom stereocenters. The second kappa shape index (κ2) is 10.5. The number of hydrogen-bond donors (Lipinski definition) is 2. The van der Waals surface area contributed by atoms with Gasteiger partial charge in [-0.25, -0.2) is 9.97 Å². The molecule has 0 saturated carbocycles. The lowest BCUT2D eigenvalue weighted by Gasteiger charge is -2.28. The lowest BCUT2D eigenvalue weighted by molar-refractivity contribution is 0.0966. The quantitative estimate of drug-likeness (QED) is 0.441. The summed E-state index contributed by atoms with van der Waals surface area (Å²) in [5, 5.41) is 7.25. The SMILES string of the molecule is CN(C)C.Cn1ccc2c(-c3ncc(Nc4ccc(N5CCOCC5)cn4)c4c3CNC4=O)ccnc21. The van der Waals surface area contributed by atoms with E-state index in [0.717, 1.165) is 59.8 Å². The number of hydrogen-bond acceptors (Lipinski definition) is 8. The van der Waals surface area contributed by atoms with Gasteiger partial charge in [0.25, 0.3) is 5.91 Å². The summed E-state index contributed by atoms with van der Waals surface area (Å²) in [5.74, 6) is 0.553. The molecule has 2 aliphatic rings. The summed E-state index contributed by atoms with van der Waals surface area (Å²) in [5.41, 5.74) is 5.84. The molecule has 6 rings (SSSR count). The first kappa shape index (κ1) is 24.7. The predicted molar refractivity (Wildman–Crippen MR) is 145 cm³/mol. The molecule has 4 aromatic rings. The van der Waals surface area contributed by atoms with Gasteiger partial charge < -0.3 is 29.7 Å². The molecule has 6 heterocycles. The van der Waals surface area contributed by atoms with Gasteiger partial charge in [0.1, 0.15) is 11.5 Å². The van der Waals surface area contributed by atoms with Gasteiger partial charge in [0, 0.05) is 55.6 Å². The molecular weight excluding hydrogens is 468 g/mol. The van der Waals surface area contributed by atoms with Crippen LogP contribution < -0.4 is 15.5 Å². The minimum Gasteiger partial charge on any atom is -0.378 e. The normalized spacial score (nSPS) is 14.8. The summed E-state index contributed by atoms with van der Waals surface area (Å²) in [6.07, 6.45) is 7.32. The van der Waals surface area contributed by atoms with E-state index in [4.69, 9.17) is 9.72 Å². The van der Waals surface area contributed by atoms with Crippen LogP contribution in [-0.4, -0.2) is 77.8 Å². The number of ether oxygens (including phenoxy) is 1. The van der Waals surface area contributed by atoms with Crippen molar-refractivity contribution < 1.29 is 9.53 Å². The Morgan fingerprint density at radius 1 is 1.03 bits per heavy atom. The lowest BCUT2D eigenvalue weighted by Crippen LogP contribution is -2.36. The van der Waals surface area contributed by atoms with Crippen molar-refractivity contribution in [2.24, 2.45) is 7.05 Å². The van der Waals surface area contributed by atoms with Crippen LogP contribution in [0.25, 0.3) is 22.3 Å². The fourth-order valence-electron chi connectivity index (χ4n) is 4.55. The third-order valence-corrected chi connectivity index (χ3v) is 6.24. The van der Waals surface area contributed by atoms with Crippen molar-refractivity contribution in [2.75, 3.05) is 57.7 Å². The van der Waals surface area contributed by atoms with Crippen molar-refractivity contribution in [3.63, 3.8) is 0 Å². The highest BCUT2D eigenvalue weighted by atomic mass is 16.5. The fraction of sp³-hybridized carbons (Fsp3) is 0.333. The molecule has 0 aromatic carbocycles.